The van der Waals surface area contributed by atoms with Crippen molar-refractivity contribution in [1.82, 2.24) is 0 Å². The first-order valence-electron chi connectivity index (χ1n) is 6.59. The fourth-order valence-electron chi connectivity index (χ4n) is 1.88. The molecule has 104 valence electrons. The van der Waals surface area contributed by atoms with Crippen molar-refractivity contribution in [1.29, 1.82) is 0 Å². The minimum absolute atomic E-state index is 0.114. The molecule has 2 nitrogen and oxygen atoms in total. The first-order valence-corrected chi connectivity index (χ1v) is 7.38. The molecule has 0 aromatic heterocycles. The Morgan fingerprint density at radius 2 is 1.65 bits per heavy atom. The van der Waals surface area contributed by atoms with E-state index in [1.807, 2.05) is 62.4 Å². The summed E-state index contributed by atoms with van der Waals surface area (Å²) in [6, 6.07) is 15.1. The predicted octanol–water partition coefficient (Wildman–Crippen LogP) is 4.66. The van der Waals surface area contributed by atoms with Crippen LogP contribution in [0.2, 0.25) is 0 Å². The first kappa shape index (κ1) is 14.8. The van der Waals surface area contributed by atoms with Gasteiger partial charge in [-0.3, -0.25) is 4.79 Å². The van der Waals surface area contributed by atoms with Crippen molar-refractivity contribution in [2.75, 3.05) is 0 Å². The lowest BCUT2D eigenvalue weighted by atomic mass is 10.0. The highest BCUT2D eigenvalue weighted by Crippen LogP contribution is 2.16. The van der Waals surface area contributed by atoms with E-state index in [0.717, 1.165) is 15.8 Å². The summed E-state index contributed by atoms with van der Waals surface area (Å²) in [5.74, 6) is 0.906. The lowest BCUT2D eigenvalue weighted by Gasteiger charge is -2.09. The average molecular weight is 333 g/mol. The van der Waals surface area contributed by atoms with E-state index in [1.54, 1.807) is 0 Å². The number of rotatable bonds is 5. The Balaban J connectivity index is 2.03. The molecule has 0 atom stereocenters. The number of hydrogen-bond donors (Lipinski definition) is 0. The van der Waals surface area contributed by atoms with Crippen LogP contribution < -0.4 is 4.74 Å². The molecule has 0 saturated carbocycles. The van der Waals surface area contributed by atoms with E-state index < -0.39 is 0 Å². The lowest BCUT2D eigenvalue weighted by molar-refractivity contribution is 0.0993. The summed E-state index contributed by atoms with van der Waals surface area (Å²) in [7, 11) is 0. The van der Waals surface area contributed by atoms with Crippen LogP contribution in [-0.2, 0) is 6.42 Å². The molecule has 0 aliphatic heterocycles. The number of carbonyl (C=O) groups is 1. The molecule has 0 aliphatic rings. The fourth-order valence-corrected chi connectivity index (χ4v) is 2.15. The molecule has 0 bridgehead atoms. The van der Waals surface area contributed by atoms with E-state index in [4.69, 9.17) is 4.74 Å². The van der Waals surface area contributed by atoms with Gasteiger partial charge < -0.3 is 4.74 Å². The van der Waals surface area contributed by atoms with Crippen molar-refractivity contribution >= 4 is 21.7 Å². The van der Waals surface area contributed by atoms with Gasteiger partial charge in [-0.1, -0.05) is 28.1 Å². The van der Waals surface area contributed by atoms with E-state index in [2.05, 4.69) is 15.9 Å². The second-order valence-electron chi connectivity index (χ2n) is 4.92. The molecule has 0 aliphatic carbocycles. The Hall–Kier alpha value is -1.61. The standard InChI is InChI=1S/C17H17BrO2/c1-12(2)20-16-9-5-14(6-10-16)17(19)11-13-3-7-15(18)8-4-13/h3-10,12H,11H2,1-2H3. The number of benzene rings is 2. The summed E-state index contributed by atoms with van der Waals surface area (Å²) in [5.41, 5.74) is 1.73. The molecule has 0 amide bonds. The van der Waals surface area contributed by atoms with E-state index in [9.17, 15) is 4.79 Å². The van der Waals surface area contributed by atoms with Crippen molar-refractivity contribution < 1.29 is 9.53 Å². The molecule has 20 heavy (non-hydrogen) atoms. The number of Topliss-reactive ketones (excluding diaryl/α,β-unsaturated/α-hetero) is 1. The minimum atomic E-state index is 0.114. The Morgan fingerprint density at radius 1 is 1.05 bits per heavy atom. The number of carbonyl (C=O) groups excluding carboxylic acids is 1. The third kappa shape index (κ3) is 4.20. The van der Waals surface area contributed by atoms with Gasteiger partial charge in [-0.15, -0.1) is 0 Å². The summed E-state index contributed by atoms with van der Waals surface area (Å²) in [6.45, 7) is 3.96. The molecule has 0 fully saturated rings. The van der Waals surface area contributed by atoms with Crippen LogP contribution in [0.5, 0.6) is 5.75 Å². The van der Waals surface area contributed by atoms with Gasteiger partial charge in [0.05, 0.1) is 6.10 Å². The molecule has 0 unspecified atom stereocenters. The van der Waals surface area contributed by atoms with Crippen LogP contribution in [-0.4, -0.2) is 11.9 Å². The highest BCUT2D eigenvalue weighted by Gasteiger charge is 2.07. The third-order valence-electron chi connectivity index (χ3n) is 2.83. The molecule has 2 rings (SSSR count). The predicted molar refractivity (Wildman–Crippen MR) is 84.4 cm³/mol. The zero-order valence-corrected chi connectivity index (χ0v) is 13.2. The Bertz CT molecular complexity index is 571. The van der Waals surface area contributed by atoms with Crippen LogP contribution in [0.15, 0.2) is 53.0 Å². The van der Waals surface area contributed by atoms with Gasteiger partial charge in [-0.25, -0.2) is 0 Å². The van der Waals surface area contributed by atoms with Gasteiger partial charge in [0.25, 0.3) is 0 Å². The van der Waals surface area contributed by atoms with Gasteiger partial charge >= 0.3 is 0 Å². The van der Waals surface area contributed by atoms with E-state index >= 15 is 0 Å². The molecule has 0 N–H and O–H groups in total. The van der Waals surface area contributed by atoms with Crippen LogP contribution >= 0.6 is 15.9 Å². The van der Waals surface area contributed by atoms with E-state index in [-0.39, 0.29) is 11.9 Å². The maximum atomic E-state index is 12.2. The maximum Gasteiger partial charge on any atom is 0.167 e. The normalized spacial score (nSPS) is 10.6. The number of ether oxygens (including phenoxy) is 1. The number of ketones is 1. The van der Waals surface area contributed by atoms with Crippen molar-refractivity contribution in [2.24, 2.45) is 0 Å². The fraction of sp³-hybridized carbons (Fsp3) is 0.235. The van der Waals surface area contributed by atoms with Gasteiger partial charge in [0.15, 0.2) is 5.78 Å². The molecular formula is C17H17BrO2. The molecule has 0 spiro atoms. The van der Waals surface area contributed by atoms with Gasteiger partial charge in [0, 0.05) is 16.5 Å². The average Bonchev–Trinajstić information content (AvgIpc) is 2.41. The minimum Gasteiger partial charge on any atom is -0.491 e. The zero-order chi connectivity index (χ0) is 14.5. The second kappa shape index (κ2) is 6.71. The molecule has 0 radical (unpaired) electrons. The van der Waals surface area contributed by atoms with Crippen LogP contribution in [0.25, 0.3) is 0 Å². The Labute approximate surface area is 127 Å². The molecule has 2 aromatic carbocycles. The smallest absolute Gasteiger partial charge is 0.167 e. The molecule has 3 heteroatoms. The van der Waals surface area contributed by atoms with E-state index in [0.29, 0.717) is 12.0 Å². The van der Waals surface area contributed by atoms with Crippen LogP contribution in [0, 0.1) is 0 Å². The van der Waals surface area contributed by atoms with Crippen molar-refractivity contribution in [2.45, 2.75) is 26.4 Å². The molecular weight excluding hydrogens is 316 g/mol. The summed E-state index contributed by atoms with van der Waals surface area (Å²) in [4.78, 5) is 12.2. The van der Waals surface area contributed by atoms with Gasteiger partial charge in [-0.2, -0.15) is 0 Å². The van der Waals surface area contributed by atoms with Crippen LogP contribution in [0.3, 0.4) is 0 Å². The SMILES string of the molecule is CC(C)Oc1ccc(C(=O)Cc2ccc(Br)cc2)cc1. The first-order chi connectivity index (χ1) is 9.54. The van der Waals surface area contributed by atoms with Crippen molar-refractivity contribution in [3.8, 4) is 5.75 Å². The maximum absolute atomic E-state index is 12.2. The van der Waals surface area contributed by atoms with Crippen molar-refractivity contribution in [3.63, 3.8) is 0 Å². The van der Waals surface area contributed by atoms with Gasteiger partial charge in [0.2, 0.25) is 0 Å². The quantitative estimate of drug-likeness (QED) is 0.744. The van der Waals surface area contributed by atoms with E-state index in [1.165, 1.54) is 0 Å². The number of halogens is 1. The van der Waals surface area contributed by atoms with Crippen LogP contribution in [0.4, 0.5) is 0 Å². The summed E-state index contributed by atoms with van der Waals surface area (Å²) >= 11 is 3.39. The highest BCUT2D eigenvalue weighted by atomic mass is 79.9. The molecule has 2 aromatic rings. The largest absolute Gasteiger partial charge is 0.491 e. The summed E-state index contributed by atoms with van der Waals surface area (Å²) in [5, 5.41) is 0. The zero-order valence-electron chi connectivity index (χ0n) is 11.6. The van der Waals surface area contributed by atoms with Crippen LogP contribution in [0.1, 0.15) is 29.8 Å². The summed E-state index contributed by atoms with van der Waals surface area (Å²) in [6.07, 6.45) is 0.553. The lowest BCUT2D eigenvalue weighted by Crippen LogP contribution is -2.06. The van der Waals surface area contributed by atoms with Gasteiger partial charge in [-0.05, 0) is 55.8 Å². The Morgan fingerprint density at radius 3 is 2.20 bits per heavy atom. The topological polar surface area (TPSA) is 26.3 Å². The number of hydrogen-bond acceptors (Lipinski definition) is 2. The molecule has 0 saturated heterocycles. The van der Waals surface area contributed by atoms with Gasteiger partial charge in [0.1, 0.15) is 5.75 Å². The summed E-state index contributed by atoms with van der Waals surface area (Å²) < 4.78 is 6.58. The second-order valence-corrected chi connectivity index (χ2v) is 5.83. The third-order valence-corrected chi connectivity index (χ3v) is 3.35. The highest BCUT2D eigenvalue weighted by molar-refractivity contribution is 9.10. The van der Waals surface area contributed by atoms with Crippen molar-refractivity contribution in [3.05, 3.63) is 64.1 Å². The molecule has 0 heterocycles. The Kier molecular flexibility index (Phi) is 4.96. The monoisotopic (exact) mass is 332 g/mol.